The molecular formula is C28H31N3O4. The lowest BCUT2D eigenvalue weighted by atomic mass is 10.1. The second-order valence-electron chi connectivity index (χ2n) is 8.60. The average molecular weight is 474 g/mol. The number of carbonyl (C=O) groups excluding carboxylic acids is 2. The molecule has 0 bridgehead atoms. The maximum atomic E-state index is 12.6. The van der Waals surface area contributed by atoms with Crippen molar-refractivity contribution < 1.29 is 19.1 Å². The fourth-order valence-electron chi connectivity index (χ4n) is 3.73. The first kappa shape index (κ1) is 24.3. The van der Waals surface area contributed by atoms with Crippen LogP contribution in [0.1, 0.15) is 21.5 Å². The third-order valence-electron chi connectivity index (χ3n) is 5.92. The largest absolute Gasteiger partial charge is 0.489 e. The second-order valence-corrected chi connectivity index (χ2v) is 8.60. The molecule has 2 amide bonds. The van der Waals surface area contributed by atoms with E-state index in [9.17, 15) is 9.59 Å². The van der Waals surface area contributed by atoms with E-state index in [1.807, 2.05) is 71.6 Å². The van der Waals surface area contributed by atoms with Crippen LogP contribution in [0.25, 0.3) is 0 Å². The Bertz CT molecular complexity index is 1090. The lowest BCUT2D eigenvalue weighted by molar-refractivity contribution is -0.123. The predicted octanol–water partition coefficient (Wildman–Crippen LogP) is 3.35. The molecule has 1 saturated heterocycles. The van der Waals surface area contributed by atoms with Gasteiger partial charge >= 0.3 is 0 Å². The summed E-state index contributed by atoms with van der Waals surface area (Å²) in [6.45, 7) is 4.07. The molecule has 0 saturated carbocycles. The van der Waals surface area contributed by atoms with E-state index < -0.39 is 0 Å². The van der Waals surface area contributed by atoms with Gasteiger partial charge in [-0.25, -0.2) is 0 Å². The molecule has 0 unspecified atom stereocenters. The van der Waals surface area contributed by atoms with E-state index in [0.29, 0.717) is 24.5 Å². The van der Waals surface area contributed by atoms with Crippen molar-refractivity contribution in [3.05, 3.63) is 95.6 Å². The Morgan fingerprint density at radius 3 is 2.06 bits per heavy atom. The van der Waals surface area contributed by atoms with Crippen molar-refractivity contribution in [1.29, 1.82) is 0 Å². The summed E-state index contributed by atoms with van der Waals surface area (Å²) < 4.78 is 11.3. The highest BCUT2D eigenvalue weighted by Crippen LogP contribution is 2.18. The summed E-state index contributed by atoms with van der Waals surface area (Å²) in [7, 11) is 2.06. The molecular weight excluding hydrogens is 442 g/mol. The Hall–Kier alpha value is -3.84. The fraction of sp³-hybridized carbons (Fsp3) is 0.286. The Kier molecular flexibility index (Phi) is 8.35. The molecule has 0 aliphatic carbocycles. The molecule has 182 valence electrons. The summed E-state index contributed by atoms with van der Waals surface area (Å²) in [5.74, 6) is 1.17. The van der Waals surface area contributed by atoms with Gasteiger partial charge in [-0.3, -0.25) is 9.59 Å². The van der Waals surface area contributed by atoms with Gasteiger partial charge in [0.05, 0.1) is 0 Å². The van der Waals surface area contributed by atoms with Crippen LogP contribution in [0.2, 0.25) is 0 Å². The minimum absolute atomic E-state index is 0.0542. The molecule has 1 N–H and O–H groups in total. The van der Waals surface area contributed by atoms with Crippen molar-refractivity contribution in [2.24, 2.45) is 0 Å². The second kappa shape index (κ2) is 12.0. The molecule has 0 atom stereocenters. The molecule has 7 nitrogen and oxygen atoms in total. The van der Waals surface area contributed by atoms with E-state index in [1.54, 1.807) is 12.1 Å². The molecule has 3 aromatic carbocycles. The number of nitrogens with one attached hydrogen (secondary N) is 1. The predicted molar refractivity (Wildman–Crippen MR) is 134 cm³/mol. The lowest BCUT2D eigenvalue weighted by Gasteiger charge is -2.32. The van der Waals surface area contributed by atoms with Gasteiger partial charge in [0.15, 0.2) is 6.61 Å². The molecule has 35 heavy (non-hydrogen) atoms. The van der Waals surface area contributed by atoms with E-state index in [1.165, 1.54) is 0 Å². The van der Waals surface area contributed by atoms with Crippen LogP contribution in [0.4, 0.5) is 0 Å². The van der Waals surface area contributed by atoms with Crippen LogP contribution in [-0.4, -0.2) is 61.4 Å². The quantitative estimate of drug-likeness (QED) is 0.516. The highest BCUT2D eigenvalue weighted by molar-refractivity contribution is 5.94. The van der Waals surface area contributed by atoms with E-state index in [2.05, 4.69) is 17.3 Å². The molecule has 0 aromatic heterocycles. The number of ether oxygens (including phenoxy) is 2. The third kappa shape index (κ3) is 7.32. The van der Waals surface area contributed by atoms with Crippen LogP contribution in [-0.2, 0) is 17.9 Å². The summed E-state index contributed by atoms with van der Waals surface area (Å²) in [4.78, 5) is 28.9. The maximum Gasteiger partial charge on any atom is 0.258 e. The highest BCUT2D eigenvalue weighted by atomic mass is 16.5. The van der Waals surface area contributed by atoms with Crippen molar-refractivity contribution in [3.8, 4) is 11.5 Å². The fourth-order valence-corrected chi connectivity index (χ4v) is 3.73. The average Bonchev–Trinajstić information content (AvgIpc) is 2.91. The van der Waals surface area contributed by atoms with E-state index >= 15 is 0 Å². The summed E-state index contributed by atoms with van der Waals surface area (Å²) in [6.07, 6.45) is 0. The number of hydrogen-bond donors (Lipinski definition) is 1. The lowest BCUT2D eigenvalue weighted by Crippen LogP contribution is -2.47. The van der Waals surface area contributed by atoms with Gasteiger partial charge < -0.3 is 24.6 Å². The Labute approximate surface area is 206 Å². The molecule has 4 rings (SSSR count). The SMILES string of the molecule is CN1CCN(C(=O)c2ccc(CNC(=O)COc3ccc(OCc4ccccc4)cc3)cc2)CC1. The van der Waals surface area contributed by atoms with Crippen LogP contribution in [0.15, 0.2) is 78.9 Å². The van der Waals surface area contributed by atoms with Crippen LogP contribution < -0.4 is 14.8 Å². The summed E-state index contributed by atoms with van der Waals surface area (Å²) in [5.41, 5.74) is 2.69. The zero-order valence-electron chi connectivity index (χ0n) is 20.0. The molecule has 1 heterocycles. The number of rotatable bonds is 9. The van der Waals surface area contributed by atoms with Gasteiger partial charge in [-0.1, -0.05) is 42.5 Å². The minimum Gasteiger partial charge on any atom is -0.489 e. The van der Waals surface area contributed by atoms with Crippen molar-refractivity contribution >= 4 is 11.8 Å². The topological polar surface area (TPSA) is 71.1 Å². The molecule has 7 heteroatoms. The number of carbonyl (C=O) groups is 2. The zero-order chi connectivity index (χ0) is 24.5. The smallest absolute Gasteiger partial charge is 0.258 e. The Balaban J connectivity index is 1.17. The van der Waals surface area contributed by atoms with Crippen molar-refractivity contribution in [2.45, 2.75) is 13.2 Å². The zero-order valence-corrected chi connectivity index (χ0v) is 20.0. The summed E-state index contributed by atoms with van der Waals surface area (Å²) in [5, 5.41) is 2.85. The normalized spacial score (nSPS) is 13.8. The molecule has 0 spiro atoms. The standard InChI is InChI=1S/C28H31N3O4/c1-30-15-17-31(18-16-30)28(33)24-9-7-22(8-10-24)19-29-27(32)21-35-26-13-11-25(12-14-26)34-20-23-5-3-2-4-6-23/h2-14H,15-21H2,1H3,(H,29,32). The summed E-state index contributed by atoms with van der Waals surface area (Å²) in [6, 6.07) is 24.5. The third-order valence-corrected chi connectivity index (χ3v) is 5.92. The van der Waals surface area contributed by atoms with Crippen LogP contribution in [0, 0.1) is 0 Å². The van der Waals surface area contributed by atoms with Gasteiger partial charge in [-0.15, -0.1) is 0 Å². The first-order valence-electron chi connectivity index (χ1n) is 11.8. The van der Waals surface area contributed by atoms with Gasteiger partial charge in [0.25, 0.3) is 11.8 Å². The number of hydrogen-bond acceptors (Lipinski definition) is 5. The van der Waals surface area contributed by atoms with Crippen LogP contribution in [0.3, 0.4) is 0 Å². The number of amides is 2. The Morgan fingerprint density at radius 2 is 1.40 bits per heavy atom. The van der Waals surface area contributed by atoms with Gasteiger partial charge in [0.2, 0.25) is 0 Å². The number of benzene rings is 3. The van der Waals surface area contributed by atoms with Gasteiger partial charge in [-0.05, 0) is 54.6 Å². The van der Waals surface area contributed by atoms with Gasteiger partial charge in [-0.2, -0.15) is 0 Å². The first-order chi connectivity index (χ1) is 17.1. The minimum atomic E-state index is -0.216. The molecule has 1 fully saturated rings. The van der Waals surface area contributed by atoms with Crippen molar-refractivity contribution in [1.82, 2.24) is 15.1 Å². The first-order valence-corrected chi connectivity index (χ1v) is 11.8. The van der Waals surface area contributed by atoms with E-state index in [4.69, 9.17) is 9.47 Å². The molecule has 3 aromatic rings. The van der Waals surface area contributed by atoms with E-state index in [0.717, 1.165) is 43.1 Å². The van der Waals surface area contributed by atoms with Crippen molar-refractivity contribution in [3.63, 3.8) is 0 Å². The summed E-state index contributed by atoms with van der Waals surface area (Å²) >= 11 is 0. The number of piperazine rings is 1. The number of likely N-dealkylation sites (N-methyl/N-ethyl adjacent to an activating group) is 1. The van der Waals surface area contributed by atoms with Gasteiger partial charge in [0.1, 0.15) is 18.1 Å². The van der Waals surface area contributed by atoms with E-state index in [-0.39, 0.29) is 18.4 Å². The Morgan fingerprint density at radius 1 is 0.771 bits per heavy atom. The number of nitrogens with zero attached hydrogens (tertiary/aromatic N) is 2. The van der Waals surface area contributed by atoms with Gasteiger partial charge in [0, 0.05) is 38.3 Å². The molecule has 1 aliphatic heterocycles. The van der Waals surface area contributed by atoms with Crippen LogP contribution in [0.5, 0.6) is 11.5 Å². The highest BCUT2D eigenvalue weighted by Gasteiger charge is 2.20. The van der Waals surface area contributed by atoms with Crippen molar-refractivity contribution in [2.75, 3.05) is 39.8 Å². The monoisotopic (exact) mass is 473 g/mol. The maximum absolute atomic E-state index is 12.6. The molecule has 0 radical (unpaired) electrons. The van der Waals surface area contributed by atoms with Crippen LogP contribution >= 0.6 is 0 Å². The molecule has 1 aliphatic rings.